The zero-order valence-electron chi connectivity index (χ0n) is 17.6. The number of hydrogen-bond donors (Lipinski definition) is 2. The standard InChI is InChI=1S/C24H20ClFN2O5/c1-2-32-24(31)33-18-11-9-16(10-12-18)22(29)28-17-6-3-5-15(13-17)14-27-23(30)21-19(25)7-4-8-20(21)26/h3-13H,2,14H2,1H3,(H,27,30)(H,28,29). The van der Waals surface area contributed by atoms with Crippen molar-refractivity contribution in [3.05, 3.63) is 94.3 Å². The quantitative estimate of drug-likeness (QED) is 0.366. The number of benzene rings is 3. The zero-order chi connectivity index (χ0) is 23.8. The number of hydrogen-bond acceptors (Lipinski definition) is 5. The van der Waals surface area contributed by atoms with Gasteiger partial charge in [-0.1, -0.05) is 29.8 Å². The van der Waals surface area contributed by atoms with Crippen LogP contribution >= 0.6 is 11.6 Å². The number of rotatable bonds is 7. The van der Waals surface area contributed by atoms with Gasteiger partial charge in [0.2, 0.25) is 0 Å². The maximum absolute atomic E-state index is 13.9. The first kappa shape index (κ1) is 23.7. The first-order chi connectivity index (χ1) is 15.9. The average Bonchev–Trinajstić information content (AvgIpc) is 2.78. The van der Waals surface area contributed by atoms with Crippen molar-refractivity contribution in [2.75, 3.05) is 11.9 Å². The summed E-state index contributed by atoms with van der Waals surface area (Å²) in [7, 11) is 0. The van der Waals surface area contributed by atoms with E-state index in [4.69, 9.17) is 21.1 Å². The van der Waals surface area contributed by atoms with Gasteiger partial charge in [-0.05, 0) is 61.0 Å². The fourth-order valence-corrected chi connectivity index (χ4v) is 3.11. The molecule has 170 valence electrons. The van der Waals surface area contributed by atoms with Gasteiger partial charge in [-0.15, -0.1) is 0 Å². The lowest BCUT2D eigenvalue weighted by atomic mass is 10.1. The third-order valence-electron chi connectivity index (χ3n) is 4.41. The highest BCUT2D eigenvalue weighted by Crippen LogP contribution is 2.19. The Morgan fingerprint density at radius 3 is 2.39 bits per heavy atom. The number of carbonyl (C=O) groups excluding carboxylic acids is 3. The van der Waals surface area contributed by atoms with E-state index in [2.05, 4.69) is 10.6 Å². The molecule has 0 atom stereocenters. The topological polar surface area (TPSA) is 93.7 Å². The highest BCUT2D eigenvalue weighted by molar-refractivity contribution is 6.33. The van der Waals surface area contributed by atoms with Gasteiger partial charge in [0.15, 0.2) is 0 Å². The van der Waals surface area contributed by atoms with Crippen molar-refractivity contribution in [3.63, 3.8) is 0 Å². The Kier molecular flexibility index (Phi) is 7.99. The third-order valence-corrected chi connectivity index (χ3v) is 4.72. The van der Waals surface area contributed by atoms with Crippen molar-refractivity contribution in [2.24, 2.45) is 0 Å². The molecule has 0 unspecified atom stereocenters. The smallest absolute Gasteiger partial charge is 0.434 e. The van der Waals surface area contributed by atoms with Gasteiger partial charge < -0.3 is 20.1 Å². The lowest BCUT2D eigenvalue weighted by molar-refractivity contribution is 0.0945. The summed E-state index contributed by atoms with van der Waals surface area (Å²) in [5.74, 6) is -1.48. The normalized spacial score (nSPS) is 10.3. The van der Waals surface area contributed by atoms with Crippen LogP contribution in [0.4, 0.5) is 14.9 Å². The summed E-state index contributed by atoms with van der Waals surface area (Å²) in [5.41, 5.74) is 1.31. The number of nitrogens with one attached hydrogen (secondary N) is 2. The molecule has 0 aliphatic rings. The van der Waals surface area contributed by atoms with E-state index in [9.17, 15) is 18.8 Å². The lowest BCUT2D eigenvalue weighted by Gasteiger charge is -2.10. The predicted molar refractivity (Wildman–Crippen MR) is 121 cm³/mol. The fraction of sp³-hybridized carbons (Fsp3) is 0.125. The van der Waals surface area contributed by atoms with Crippen LogP contribution in [0.1, 0.15) is 33.2 Å². The van der Waals surface area contributed by atoms with E-state index in [1.165, 1.54) is 36.4 Å². The molecule has 0 aliphatic carbocycles. The molecule has 33 heavy (non-hydrogen) atoms. The van der Waals surface area contributed by atoms with Crippen LogP contribution in [0.2, 0.25) is 5.02 Å². The van der Waals surface area contributed by atoms with Gasteiger partial charge in [0.1, 0.15) is 11.6 Å². The summed E-state index contributed by atoms with van der Waals surface area (Å²) in [6.45, 7) is 1.96. The number of carbonyl (C=O) groups is 3. The van der Waals surface area contributed by atoms with Crippen molar-refractivity contribution in [1.82, 2.24) is 5.32 Å². The molecule has 0 saturated carbocycles. The molecule has 2 N–H and O–H groups in total. The Hall–Kier alpha value is -3.91. The van der Waals surface area contributed by atoms with Crippen LogP contribution in [0.3, 0.4) is 0 Å². The number of amides is 2. The Balaban J connectivity index is 1.60. The Bertz CT molecular complexity index is 1150. The van der Waals surface area contributed by atoms with E-state index >= 15 is 0 Å². The molecular formula is C24H20ClFN2O5. The van der Waals surface area contributed by atoms with Crippen LogP contribution in [-0.4, -0.2) is 24.6 Å². The van der Waals surface area contributed by atoms with Crippen LogP contribution in [-0.2, 0) is 11.3 Å². The maximum atomic E-state index is 13.9. The molecule has 2 amide bonds. The Labute approximate surface area is 194 Å². The highest BCUT2D eigenvalue weighted by atomic mass is 35.5. The second-order valence-corrected chi connectivity index (χ2v) is 7.15. The highest BCUT2D eigenvalue weighted by Gasteiger charge is 2.15. The largest absolute Gasteiger partial charge is 0.513 e. The second kappa shape index (κ2) is 11.1. The van der Waals surface area contributed by atoms with Gasteiger partial charge in [0, 0.05) is 17.8 Å². The number of halogens is 2. The summed E-state index contributed by atoms with van der Waals surface area (Å²) >= 11 is 5.92. The summed E-state index contributed by atoms with van der Waals surface area (Å²) in [4.78, 5) is 36.2. The summed E-state index contributed by atoms with van der Waals surface area (Å²) in [6, 6.07) is 16.8. The molecule has 7 nitrogen and oxygen atoms in total. The molecular weight excluding hydrogens is 451 g/mol. The van der Waals surface area contributed by atoms with Gasteiger partial charge in [0.25, 0.3) is 11.8 Å². The molecule has 3 aromatic carbocycles. The summed E-state index contributed by atoms with van der Waals surface area (Å²) in [5, 5.41) is 5.38. The van der Waals surface area contributed by atoms with Crippen molar-refractivity contribution < 1.29 is 28.2 Å². The van der Waals surface area contributed by atoms with Gasteiger partial charge in [-0.25, -0.2) is 9.18 Å². The van der Waals surface area contributed by atoms with Crippen LogP contribution in [0, 0.1) is 5.82 Å². The Morgan fingerprint density at radius 1 is 0.970 bits per heavy atom. The number of ether oxygens (including phenoxy) is 2. The molecule has 0 bridgehead atoms. The van der Waals surface area contributed by atoms with Crippen molar-refractivity contribution in [1.29, 1.82) is 0 Å². The predicted octanol–water partition coefficient (Wildman–Crippen LogP) is 5.20. The molecule has 0 saturated heterocycles. The first-order valence-corrected chi connectivity index (χ1v) is 10.3. The van der Waals surface area contributed by atoms with Crippen LogP contribution in [0.25, 0.3) is 0 Å². The molecule has 3 aromatic rings. The molecule has 0 heterocycles. The fourth-order valence-electron chi connectivity index (χ4n) is 2.87. The molecule has 9 heteroatoms. The number of anilines is 1. The minimum absolute atomic E-state index is 0.0205. The van der Waals surface area contributed by atoms with Crippen molar-refractivity contribution in [2.45, 2.75) is 13.5 Å². The van der Waals surface area contributed by atoms with E-state index in [1.54, 1.807) is 31.2 Å². The minimum Gasteiger partial charge on any atom is -0.434 e. The SMILES string of the molecule is CCOC(=O)Oc1ccc(C(=O)Nc2cccc(CNC(=O)c3c(F)cccc3Cl)c2)cc1. The molecule has 0 aromatic heterocycles. The van der Waals surface area contributed by atoms with Gasteiger partial charge in [-0.2, -0.15) is 0 Å². The second-order valence-electron chi connectivity index (χ2n) is 6.74. The summed E-state index contributed by atoms with van der Waals surface area (Å²) < 4.78 is 23.5. The molecule has 0 aliphatic heterocycles. The summed E-state index contributed by atoms with van der Waals surface area (Å²) in [6.07, 6.45) is -0.823. The van der Waals surface area contributed by atoms with Crippen molar-refractivity contribution >= 4 is 35.3 Å². The van der Waals surface area contributed by atoms with E-state index < -0.39 is 17.9 Å². The van der Waals surface area contributed by atoms with Crippen molar-refractivity contribution in [3.8, 4) is 5.75 Å². The molecule has 0 spiro atoms. The van der Waals surface area contributed by atoms with E-state index in [1.807, 2.05) is 0 Å². The van der Waals surface area contributed by atoms with Crippen LogP contribution in [0.5, 0.6) is 5.75 Å². The van der Waals surface area contributed by atoms with Gasteiger partial charge >= 0.3 is 6.16 Å². The first-order valence-electron chi connectivity index (χ1n) is 9.94. The van der Waals surface area contributed by atoms with Crippen LogP contribution < -0.4 is 15.4 Å². The van der Waals surface area contributed by atoms with E-state index in [0.29, 0.717) is 16.8 Å². The zero-order valence-corrected chi connectivity index (χ0v) is 18.3. The molecule has 0 radical (unpaired) electrons. The third kappa shape index (κ3) is 6.54. The monoisotopic (exact) mass is 470 g/mol. The minimum atomic E-state index is -0.823. The Morgan fingerprint density at radius 2 is 1.70 bits per heavy atom. The van der Waals surface area contributed by atoms with Gasteiger partial charge in [0.05, 0.1) is 17.2 Å². The van der Waals surface area contributed by atoms with Crippen LogP contribution in [0.15, 0.2) is 66.7 Å². The average molecular weight is 471 g/mol. The molecule has 3 rings (SSSR count). The van der Waals surface area contributed by atoms with E-state index in [0.717, 1.165) is 6.07 Å². The molecule has 0 fully saturated rings. The maximum Gasteiger partial charge on any atom is 0.513 e. The van der Waals surface area contributed by atoms with Gasteiger partial charge in [-0.3, -0.25) is 9.59 Å². The van der Waals surface area contributed by atoms with E-state index in [-0.39, 0.29) is 35.4 Å². The lowest BCUT2D eigenvalue weighted by Crippen LogP contribution is -2.24.